The zero-order valence-electron chi connectivity index (χ0n) is 11.3. The molecule has 5 nitrogen and oxygen atoms in total. The Morgan fingerprint density at radius 2 is 2.28 bits per heavy atom. The van der Waals surface area contributed by atoms with Gasteiger partial charge in [-0.05, 0) is 32.2 Å². The average molecular weight is 255 g/mol. The lowest BCUT2D eigenvalue weighted by Crippen LogP contribution is -2.49. The number of nitrogens with zero attached hydrogens (tertiary/aromatic N) is 1. The van der Waals surface area contributed by atoms with Crippen LogP contribution in [0.25, 0.3) is 0 Å². The third-order valence-corrected chi connectivity index (χ3v) is 3.95. The fourth-order valence-electron chi connectivity index (χ4n) is 3.01. The molecular weight excluding hydrogens is 230 g/mol. The van der Waals surface area contributed by atoms with Gasteiger partial charge in [0.25, 0.3) is 0 Å². The smallest absolute Gasteiger partial charge is 0.234 e. The topological polar surface area (TPSA) is 53.6 Å². The van der Waals surface area contributed by atoms with Crippen molar-refractivity contribution in [3.8, 4) is 0 Å². The molecule has 0 bridgehead atoms. The Labute approximate surface area is 109 Å². The molecule has 1 amide bonds. The van der Waals surface area contributed by atoms with Crippen molar-refractivity contribution < 1.29 is 9.53 Å². The predicted octanol–water partition coefficient (Wildman–Crippen LogP) is -0.0346. The van der Waals surface area contributed by atoms with Crippen LogP contribution >= 0.6 is 0 Å². The van der Waals surface area contributed by atoms with E-state index in [2.05, 4.69) is 15.5 Å². The Kier molecular flexibility index (Phi) is 5.41. The van der Waals surface area contributed by atoms with Crippen molar-refractivity contribution in [2.75, 3.05) is 39.9 Å². The second-order valence-corrected chi connectivity index (χ2v) is 5.29. The van der Waals surface area contributed by atoms with Gasteiger partial charge >= 0.3 is 0 Å². The summed E-state index contributed by atoms with van der Waals surface area (Å²) in [5.74, 6) is 0.113. The summed E-state index contributed by atoms with van der Waals surface area (Å²) in [5, 5.41) is 6.21. The van der Waals surface area contributed by atoms with Crippen molar-refractivity contribution >= 4 is 5.91 Å². The molecule has 0 aliphatic carbocycles. The van der Waals surface area contributed by atoms with E-state index in [9.17, 15) is 4.79 Å². The van der Waals surface area contributed by atoms with Gasteiger partial charge in [-0.15, -0.1) is 0 Å². The first-order valence-electron chi connectivity index (χ1n) is 7.02. The normalized spacial score (nSPS) is 28.1. The van der Waals surface area contributed by atoms with Crippen molar-refractivity contribution in [1.82, 2.24) is 15.5 Å². The van der Waals surface area contributed by atoms with Crippen LogP contribution in [0.5, 0.6) is 0 Å². The van der Waals surface area contributed by atoms with Crippen LogP contribution in [0.15, 0.2) is 0 Å². The highest BCUT2D eigenvalue weighted by molar-refractivity contribution is 5.78. The van der Waals surface area contributed by atoms with Gasteiger partial charge in [0.15, 0.2) is 0 Å². The number of hydrogen-bond acceptors (Lipinski definition) is 4. The molecule has 104 valence electrons. The molecule has 2 rings (SSSR count). The fourth-order valence-corrected chi connectivity index (χ4v) is 3.01. The molecule has 5 heteroatoms. The molecule has 2 fully saturated rings. The molecular formula is C13H25N3O2. The number of ether oxygens (including phenoxy) is 1. The summed E-state index contributed by atoms with van der Waals surface area (Å²) in [6.07, 6.45) is 4.85. The second kappa shape index (κ2) is 7.07. The third-order valence-electron chi connectivity index (χ3n) is 3.95. The van der Waals surface area contributed by atoms with Crippen LogP contribution in [0.3, 0.4) is 0 Å². The number of methoxy groups -OCH3 is 1. The van der Waals surface area contributed by atoms with E-state index >= 15 is 0 Å². The standard InChI is InChI=1S/C13H25N3O2/c1-18-8-5-14-10-13(17)15-11-4-7-16-6-2-3-12(16)9-11/h11-12,14H,2-10H2,1H3,(H,15,17). The molecule has 2 saturated heterocycles. The molecule has 18 heavy (non-hydrogen) atoms. The molecule has 2 unspecified atom stereocenters. The lowest BCUT2D eigenvalue weighted by atomic mass is 9.97. The molecule has 0 radical (unpaired) electrons. The Morgan fingerprint density at radius 1 is 1.39 bits per heavy atom. The highest BCUT2D eigenvalue weighted by atomic mass is 16.5. The maximum atomic E-state index is 11.7. The van der Waals surface area contributed by atoms with Crippen molar-refractivity contribution in [1.29, 1.82) is 0 Å². The minimum absolute atomic E-state index is 0.113. The summed E-state index contributed by atoms with van der Waals surface area (Å²) in [6.45, 7) is 4.17. The van der Waals surface area contributed by atoms with Crippen LogP contribution < -0.4 is 10.6 Å². The number of rotatable bonds is 6. The second-order valence-electron chi connectivity index (χ2n) is 5.29. The van der Waals surface area contributed by atoms with Crippen molar-refractivity contribution in [3.63, 3.8) is 0 Å². The van der Waals surface area contributed by atoms with Crippen LogP contribution in [0, 0.1) is 0 Å². The quantitative estimate of drug-likeness (QED) is 0.654. The number of fused-ring (bicyclic) bond motifs is 1. The van der Waals surface area contributed by atoms with Crippen LogP contribution in [0.1, 0.15) is 25.7 Å². The Balaban J connectivity index is 1.62. The highest BCUT2D eigenvalue weighted by Crippen LogP contribution is 2.26. The maximum Gasteiger partial charge on any atom is 0.234 e. The van der Waals surface area contributed by atoms with E-state index in [1.807, 2.05) is 0 Å². The first-order chi connectivity index (χ1) is 8.79. The van der Waals surface area contributed by atoms with Crippen LogP contribution in [0.2, 0.25) is 0 Å². The van der Waals surface area contributed by atoms with E-state index in [-0.39, 0.29) is 5.91 Å². The number of amides is 1. The number of nitrogens with one attached hydrogen (secondary N) is 2. The van der Waals surface area contributed by atoms with Crippen molar-refractivity contribution in [2.45, 2.75) is 37.8 Å². The molecule has 0 aromatic carbocycles. The van der Waals surface area contributed by atoms with E-state index in [0.29, 0.717) is 25.2 Å². The van der Waals surface area contributed by atoms with E-state index in [4.69, 9.17) is 4.74 Å². The molecule has 0 saturated carbocycles. The van der Waals surface area contributed by atoms with Gasteiger partial charge in [-0.1, -0.05) is 0 Å². The van der Waals surface area contributed by atoms with Crippen LogP contribution in [-0.2, 0) is 9.53 Å². The highest BCUT2D eigenvalue weighted by Gasteiger charge is 2.31. The lowest BCUT2D eigenvalue weighted by molar-refractivity contribution is -0.121. The minimum atomic E-state index is 0.113. The first-order valence-corrected chi connectivity index (χ1v) is 7.02. The first kappa shape index (κ1) is 13.8. The van der Waals surface area contributed by atoms with E-state index in [1.165, 1.54) is 19.4 Å². The average Bonchev–Trinajstić information content (AvgIpc) is 2.82. The van der Waals surface area contributed by atoms with Crippen LogP contribution in [0.4, 0.5) is 0 Å². The summed E-state index contributed by atoms with van der Waals surface area (Å²) in [6, 6.07) is 1.09. The van der Waals surface area contributed by atoms with Gasteiger partial charge < -0.3 is 20.3 Å². The van der Waals surface area contributed by atoms with Crippen molar-refractivity contribution in [2.24, 2.45) is 0 Å². The van der Waals surface area contributed by atoms with E-state index < -0.39 is 0 Å². The summed E-state index contributed by atoms with van der Waals surface area (Å²) in [4.78, 5) is 14.3. The zero-order chi connectivity index (χ0) is 12.8. The lowest BCUT2D eigenvalue weighted by Gasteiger charge is -2.35. The fraction of sp³-hybridized carbons (Fsp3) is 0.923. The summed E-state index contributed by atoms with van der Waals surface area (Å²) < 4.78 is 4.92. The predicted molar refractivity (Wildman–Crippen MR) is 70.5 cm³/mol. The summed E-state index contributed by atoms with van der Waals surface area (Å²) >= 11 is 0. The number of carbonyl (C=O) groups excluding carboxylic acids is 1. The Morgan fingerprint density at radius 3 is 3.11 bits per heavy atom. The largest absolute Gasteiger partial charge is 0.383 e. The van der Waals surface area contributed by atoms with Gasteiger partial charge in [-0.2, -0.15) is 0 Å². The number of piperidine rings is 1. The maximum absolute atomic E-state index is 11.7. The minimum Gasteiger partial charge on any atom is -0.383 e. The van der Waals surface area contributed by atoms with Gasteiger partial charge in [-0.3, -0.25) is 4.79 Å². The molecule has 2 N–H and O–H groups in total. The SMILES string of the molecule is COCCNCC(=O)NC1CCN2CCCC2C1. The molecule has 2 heterocycles. The Bertz CT molecular complexity index is 273. The van der Waals surface area contributed by atoms with E-state index in [1.54, 1.807) is 7.11 Å². The summed E-state index contributed by atoms with van der Waals surface area (Å²) in [5.41, 5.74) is 0. The van der Waals surface area contributed by atoms with Gasteiger partial charge in [0.05, 0.1) is 13.2 Å². The number of hydrogen-bond donors (Lipinski definition) is 2. The zero-order valence-corrected chi connectivity index (χ0v) is 11.3. The molecule has 0 spiro atoms. The molecule has 0 aromatic rings. The van der Waals surface area contributed by atoms with E-state index in [0.717, 1.165) is 25.9 Å². The molecule has 2 aliphatic heterocycles. The van der Waals surface area contributed by atoms with Crippen LogP contribution in [-0.4, -0.2) is 62.8 Å². The van der Waals surface area contributed by atoms with Crippen molar-refractivity contribution in [3.05, 3.63) is 0 Å². The summed E-state index contributed by atoms with van der Waals surface area (Å²) in [7, 11) is 1.66. The number of carbonyl (C=O) groups is 1. The monoisotopic (exact) mass is 255 g/mol. The Hall–Kier alpha value is -0.650. The molecule has 2 atom stereocenters. The molecule has 0 aromatic heterocycles. The van der Waals surface area contributed by atoms with Gasteiger partial charge in [0, 0.05) is 32.3 Å². The van der Waals surface area contributed by atoms with Gasteiger partial charge in [0.1, 0.15) is 0 Å². The third kappa shape index (κ3) is 3.93. The molecule has 2 aliphatic rings. The van der Waals surface area contributed by atoms with Gasteiger partial charge in [-0.25, -0.2) is 0 Å². The van der Waals surface area contributed by atoms with Gasteiger partial charge in [0.2, 0.25) is 5.91 Å².